The Morgan fingerprint density at radius 1 is 1.12 bits per heavy atom. The van der Waals surface area contributed by atoms with Crippen LogP contribution in [0.5, 0.6) is 0 Å². The summed E-state index contributed by atoms with van der Waals surface area (Å²) in [5.41, 5.74) is 1.00. The Kier molecular flexibility index (Phi) is 11.0. The maximum absolute atomic E-state index is 11.2. The molecule has 5 heteroatoms. The summed E-state index contributed by atoms with van der Waals surface area (Å²) in [6.45, 7) is 2.30. The maximum Gasteiger partial charge on any atom is 0.305 e. The van der Waals surface area contributed by atoms with E-state index in [4.69, 9.17) is 4.74 Å². The van der Waals surface area contributed by atoms with Gasteiger partial charge in [0.15, 0.2) is 0 Å². The quantitative estimate of drug-likeness (QED) is 0.199. The van der Waals surface area contributed by atoms with Gasteiger partial charge >= 0.3 is 5.97 Å². The van der Waals surface area contributed by atoms with E-state index >= 15 is 0 Å². The maximum atomic E-state index is 11.2. The number of allylic oxidation sites excluding steroid dienone is 1. The van der Waals surface area contributed by atoms with Gasteiger partial charge in [-0.1, -0.05) is 56.4 Å². The monoisotopic (exact) mass is 347 g/mol. The highest BCUT2D eigenvalue weighted by Crippen LogP contribution is 2.15. The molecular weight excluding hydrogens is 318 g/mol. The van der Waals surface area contributed by atoms with Crippen molar-refractivity contribution in [2.45, 2.75) is 64.7 Å². The molecule has 0 amide bonds. The summed E-state index contributed by atoms with van der Waals surface area (Å²) in [4.78, 5) is 21.5. The highest BCUT2D eigenvalue weighted by molar-refractivity contribution is 5.69. The number of hydrogen-bond acceptors (Lipinski definition) is 4. The van der Waals surface area contributed by atoms with E-state index in [1.54, 1.807) is 12.1 Å². The van der Waals surface area contributed by atoms with Crippen molar-refractivity contribution in [1.82, 2.24) is 0 Å². The summed E-state index contributed by atoms with van der Waals surface area (Å²) < 4.78 is 4.90. The first-order valence-electron chi connectivity index (χ1n) is 9.20. The number of non-ortho nitro benzene ring substituents is 1. The van der Waals surface area contributed by atoms with Crippen LogP contribution in [0, 0.1) is 10.1 Å². The fourth-order valence-corrected chi connectivity index (χ4v) is 2.61. The van der Waals surface area contributed by atoms with Gasteiger partial charge < -0.3 is 4.74 Å². The Bertz CT molecular complexity index is 554. The third-order valence-electron chi connectivity index (χ3n) is 3.95. The first kappa shape index (κ1) is 20.9. The lowest BCUT2D eigenvalue weighted by Gasteiger charge is -2.02. The van der Waals surface area contributed by atoms with Crippen LogP contribution in [-0.4, -0.2) is 17.5 Å². The van der Waals surface area contributed by atoms with E-state index in [9.17, 15) is 14.9 Å². The van der Waals surface area contributed by atoms with Crippen molar-refractivity contribution in [3.05, 3.63) is 46.0 Å². The lowest BCUT2D eigenvalue weighted by molar-refractivity contribution is -0.384. The Balaban J connectivity index is 2.01. The van der Waals surface area contributed by atoms with Gasteiger partial charge in [-0.2, -0.15) is 0 Å². The fourth-order valence-electron chi connectivity index (χ4n) is 2.61. The highest BCUT2D eigenvalue weighted by atomic mass is 16.6. The van der Waals surface area contributed by atoms with Gasteiger partial charge in [-0.25, -0.2) is 0 Å². The second-order valence-corrected chi connectivity index (χ2v) is 6.07. The zero-order valence-electron chi connectivity index (χ0n) is 15.1. The van der Waals surface area contributed by atoms with Crippen molar-refractivity contribution in [2.75, 3.05) is 6.61 Å². The van der Waals surface area contributed by atoms with Crippen molar-refractivity contribution < 1.29 is 14.5 Å². The number of nitro benzene ring substituents is 1. The second kappa shape index (κ2) is 13.2. The van der Waals surface area contributed by atoms with Gasteiger partial charge in [0, 0.05) is 18.6 Å². The smallest absolute Gasteiger partial charge is 0.305 e. The van der Waals surface area contributed by atoms with E-state index in [1.807, 2.05) is 19.1 Å². The lowest BCUT2D eigenvalue weighted by Crippen LogP contribution is -2.03. The fraction of sp³-hybridized carbons (Fsp3) is 0.550. The Hall–Kier alpha value is -2.17. The molecule has 0 saturated heterocycles. The van der Waals surface area contributed by atoms with Crippen molar-refractivity contribution in [1.29, 1.82) is 0 Å². The summed E-state index contributed by atoms with van der Waals surface area (Å²) >= 11 is 0. The molecule has 0 N–H and O–H groups in total. The van der Waals surface area contributed by atoms with Crippen LogP contribution in [0.2, 0.25) is 0 Å². The first-order valence-corrected chi connectivity index (χ1v) is 9.20. The largest absolute Gasteiger partial charge is 0.466 e. The van der Waals surface area contributed by atoms with Crippen LogP contribution in [-0.2, 0) is 9.53 Å². The molecule has 0 unspecified atom stereocenters. The summed E-state index contributed by atoms with van der Waals surface area (Å²) in [6.07, 6.45) is 13.5. The molecule has 0 aliphatic heterocycles. The molecule has 138 valence electrons. The van der Waals surface area contributed by atoms with Crippen LogP contribution >= 0.6 is 0 Å². The van der Waals surface area contributed by atoms with Crippen LogP contribution in [0.4, 0.5) is 5.69 Å². The van der Waals surface area contributed by atoms with Gasteiger partial charge in [-0.3, -0.25) is 14.9 Å². The third kappa shape index (κ3) is 10.3. The van der Waals surface area contributed by atoms with Crippen LogP contribution < -0.4 is 0 Å². The molecule has 1 rings (SSSR count). The molecule has 0 spiro atoms. The zero-order chi connectivity index (χ0) is 18.3. The van der Waals surface area contributed by atoms with Gasteiger partial charge in [-0.15, -0.1) is 0 Å². The van der Waals surface area contributed by atoms with Crippen LogP contribution in [0.25, 0.3) is 6.08 Å². The second-order valence-electron chi connectivity index (χ2n) is 6.07. The summed E-state index contributed by atoms with van der Waals surface area (Å²) in [6, 6.07) is 6.68. The minimum Gasteiger partial charge on any atom is -0.466 e. The molecule has 0 aliphatic carbocycles. The zero-order valence-corrected chi connectivity index (χ0v) is 15.1. The molecule has 0 aromatic heterocycles. The highest BCUT2D eigenvalue weighted by Gasteiger charge is 2.03. The van der Waals surface area contributed by atoms with Gasteiger partial charge in [0.1, 0.15) is 0 Å². The predicted octanol–water partition coefficient (Wildman–Crippen LogP) is 5.68. The van der Waals surface area contributed by atoms with Crippen molar-refractivity contribution in [3.63, 3.8) is 0 Å². The average molecular weight is 347 g/mol. The molecule has 5 nitrogen and oxygen atoms in total. The minimum atomic E-state index is -0.371. The number of nitro groups is 1. The number of rotatable bonds is 13. The third-order valence-corrected chi connectivity index (χ3v) is 3.95. The van der Waals surface area contributed by atoms with Crippen molar-refractivity contribution in [2.24, 2.45) is 0 Å². The van der Waals surface area contributed by atoms with Crippen molar-refractivity contribution in [3.8, 4) is 0 Å². The molecule has 0 aliphatic rings. The Morgan fingerprint density at radius 3 is 2.48 bits per heavy atom. The summed E-state index contributed by atoms with van der Waals surface area (Å²) in [7, 11) is 0. The number of hydrogen-bond donors (Lipinski definition) is 0. The molecule has 0 fully saturated rings. The number of benzene rings is 1. The molecule has 1 aromatic carbocycles. The van der Waals surface area contributed by atoms with E-state index in [-0.39, 0.29) is 16.6 Å². The number of ether oxygens (including phenoxy) is 1. The van der Waals surface area contributed by atoms with E-state index in [0.29, 0.717) is 13.0 Å². The molecule has 0 bridgehead atoms. The Morgan fingerprint density at radius 2 is 1.80 bits per heavy atom. The van der Waals surface area contributed by atoms with Gasteiger partial charge in [0.05, 0.1) is 11.5 Å². The molecular formula is C20H29NO4. The number of nitrogens with zero attached hydrogens (tertiary/aromatic N) is 1. The normalized spacial score (nSPS) is 10.9. The van der Waals surface area contributed by atoms with Gasteiger partial charge in [-0.05, 0) is 31.7 Å². The molecule has 0 radical (unpaired) electrons. The lowest BCUT2D eigenvalue weighted by atomic mass is 10.1. The number of carbonyl (C=O) groups is 1. The summed E-state index contributed by atoms with van der Waals surface area (Å²) in [5, 5.41) is 10.7. The van der Waals surface area contributed by atoms with E-state index in [2.05, 4.69) is 6.08 Å². The first-order chi connectivity index (χ1) is 12.1. The number of carbonyl (C=O) groups excluding carboxylic acids is 1. The van der Waals surface area contributed by atoms with Crippen LogP contribution in [0.3, 0.4) is 0 Å². The molecule has 25 heavy (non-hydrogen) atoms. The Labute approximate surface area is 150 Å². The van der Waals surface area contributed by atoms with E-state index in [1.165, 1.54) is 31.7 Å². The molecule has 0 heterocycles. The SMILES string of the molecule is CCOC(=O)CCCCCCCCCC=Cc1cccc([N+](=O)[O-])c1. The van der Waals surface area contributed by atoms with Gasteiger partial charge in [0.25, 0.3) is 5.69 Å². The predicted molar refractivity (Wildman–Crippen MR) is 100 cm³/mol. The van der Waals surface area contributed by atoms with Crippen molar-refractivity contribution >= 4 is 17.7 Å². The minimum absolute atomic E-state index is 0.0852. The standard InChI is InChI=1S/C20H29NO4/c1-2-25-20(22)16-11-9-7-5-3-4-6-8-10-13-18-14-12-15-19(17-18)21(23)24/h10,12-15,17H,2-9,11,16H2,1H3. The van der Waals surface area contributed by atoms with Crippen LogP contribution in [0.1, 0.15) is 70.3 Å². The van der Waals surface area contributed by atoms with Crippen LogP contribution in [0.15, 0.2) is 30.3 Å². The molecule has 0 atom stereocenters. The van der Waals surface area contributed by atoms with E-state index < -0.39 is 0 Å². The molecule has 0 saturated carbocycles. The number of unbranched alkanes of at least 4 members (excludes halogenated alkanes) is 7. The molecule has 1 aromatic rings. The number of esters is 1. The van der Waals surface area contributed by atoms with E-state index in [0.717, 1.165) is 31.2 Å². The topological polar surface area (TPSA) is 69.4 Å². The average Bonchev–Trinajstić information content (AvgIpc) is 2.60. The summed E-state index contributed by atoms with van der Waals surface area (Å²) in [5.74, 6) is -0.0852. The van der Waals surface area contributed by atoms with Gasteiger partial charge in [0.2, 0.25) is 0 Å².